The second kappa shape index (κ2) is 7.61. The van der Waals surface area contributed by atoms with E-state index in [0.29, 0.717) is 27.6 Å². The molecule has 1 unspecified atom stereocenters. The van der Waals surface area contributed by atoms with Gasteiger partial charge in [-0.2, -0.15) is 0 Å². The van der Waals surface area contributed by atoms with Gasteiger partial charge >= 0.3 is 5.97 Å². The summed E-state index contributed by atoms with van der Waals surface area (Å²) in [5, 5.41) is 0. The maximum atomic E-state index is 11.9. The van der Waals surface area contributed by atoms with Crippen molar-refractivity contribution in [3.63, 3.8) is 0 Å². The monoisotopic (exact) mass is 468 g/mol. The van der Waals surface area contributed by atoms with Crippen LogP contribution >= 0.6 is 0 Å². The molecule has 192 valence electrons. The van der Waals surface area contributed by atoms with Gasteiger partial charge in [0, 0.05) is 12.3 Å². The van der Waals surface area contributed by atoms with Gasteiger partial charge in [0.15, 0.2) is 0 Å². The lowest BCUT2D eigenvalue weighted by molar-refractivity contribution is -0.248. The standard InChI is InChI=1S/C32H52O2/c1-20(2)22-12-15-29(6)18-19-31(8)23(27(22)29)10-11-25-30(7)16-14-26(34-21(3)33)28(4,5)24(30)13-17-32(25,31)9/h22-27H,1,10-19H2,2-9H3/t22-,23+,24?,25+,26-,27+,29-,30-,31+,32+/m0/s1. The molecule has 0 heterocycles. The van der Waals surface area contributed by atoms with E-state index in [9.17, 15) is 4.79 Å². The lowest BCUT2D eigenvalue weighted by Gasteiger charge is -2.73. The van der Waals surface area contributed by atoms with Crippen LogP contribution in [0.3, 0.4) is 0 Å². The molecule has 0 N–H and O–H groups in total. The second-order valence-electron chi connectivity index (χ2n) is 15.3. The predicted octanol–water partition coefficient (Wildman–Crippen LogP) is 8.60. The first-order valence-electron chi connectivity index (χ1n) is 14.5. The van der Waals surface area contributed by atoms with Gasteiger partial charge in [0.25, 0.3) is 0 Å². The van der Waals surface area contributed by atoms with Crippen molar-refractivity contribution in [2.75, 3.05) is 0 Å². The fraction of sp³-hybridized carbons (Fsp3) is 0.906. The van der Waals surface area contributed by atoms with Crippen LogP contribution in [0.25, 0.3) is 0 Å². The molecule has 5 aliphatic rings. The number of hydrogen-bond donors (Lipinski definition) is 0. The summed E-state index contributed by atoms with van der Waals surface area (Å²) in [6, 6.07) is 0. The highest BCUT2D eigenvalue weighted by molar-refractivity contribution is 5.66. The van der Waals surface area contributed by atoms with Crippen molar-refractivity contribution in [3.05, 3.63) is 12.2 Å². The van der Waals surface area contributed by atoms with Crippen LogP contribution in [-0.2, 0) is 9.53 Å². The van der Waals surface area contributed by atoms with Gasteiger partial charge in [-0.25, -0.2) is 0 Å². The zero-order valence-electron chi connectivity index (χ0n) is 23.6. The molecule has 0 amide bonds. The van der Waals surface area contributed by atoms with E-state index in [4.69, 9.17) is 4.74 Å². The Labute approximate surface area is 210 Å². The van der Waals surface area contributed by atoms with E-state index in [2.05, 4.69) is 55.0 Å². The molecule has 0 radical (unpaired) electrons. The Morgan fingerprint density at radius 1 is 0.765 bits per heavy atom. The zero-order chi connectivity index (χ0) is 24.9. The smallest absolute Gasteiger partial charge is 0.302 e. The molecule has 34 heavy (non-hydrogen) atoms. The Bertz CT molecular complexity index is 872. The van der Waals surface area contributed by atoms with Gasteiger partial charge in [-0.3, -0.25) is 4.79 Å². The summed E-state index contributed by atoms with van der Waals surface area (Å²) in [6.45, 7) is 23.9. The Kier molecular flexibility index (Phi) is 5.57. The molecule has 10 atom stereocenters. The summed E-state index contributed by atoms with van der Waals surface area (Å²) in [5.74, 6) is 3.74. The van der Waals surface area contributed by atoms with Crippen LogP contribution < -0.4 is 0 Å². The molecule has 5 saturated carbocycles. The molecule has 0 bridgehead atoms. The fourth-order valence-electron chi connectivity index (χ4n) is 11.9. The third-order valence-corrected chi connectivity index (χ3v) is 13.7. The van der Waals surface area contributed by atoms with Gasteiger partial charge in [-0.15, -0.1) is 0 Å². The third kappa shape index (κ3) is 3.08. The van der Waals surface area contributed by atoms with E-state index in [1.807, 2.05) is 0 Å². The van der Waals surface area contributed by atoms with E-state index in [1.54, 1.807) is 6.92 Å². The number of carbonyl (C=O) groups is 1. The Morgan fingerprint density at radius 2 is 1.47 bits per heavy atom. The Morgan fingerprint density at radius 3 is 2.12 bits per heavy atom. The SMILES string of the molecule is C=C(C)[C@@H]1CC[C@@]2(C)CC[C@]3(C)[C@H](CC[C@@H]4[C@@]5(C)CC[C@H](OC(C)=O)C(C)(C)C5CC[C@]43C)[C@@H]12. The molecule has 5 fully saturated rings. The molecule has 0 aliphatic heterocycles. The highest BCUT2D eigenvalue weighted by Crippen LogP contribution is 2.77. The highest BCUT2D eigenvalue weighted by atomic mass is 16.5. The summed E-state index contributed by atoms with van der Waals surface area (Å²) < 4.78 is 5.91. The third-order valence-electron chi connectivity index (χ3n) is 13.7. The predicted molar refractivity (Wildman–Crippen MR) is 140 cm³/mol. The lowest BCUT2D eigenvalue weighted by atomic mass is 9.32. The van der Waals surface area contributed by atoms with Gasteiger partial charge in [-0.1, -0.05) is 53.7 Å². The topological polar surface area (TPSA) is 26.3 Å². The molecule has 0 spiro atoms. The number of rotatable bonds is 2. The maximum absolute atomic E-state index is 11.9. The number of ether oxygens (including phenoxy) is 1. The lowest BCUT2D eigenvalue weighted by Crippen LogP contribution is -2.66. The summed E-state index contributed by atoms with van der Waals surface area (Å²) in [4.78, 5) is 11.9. The summed E-state index contributed by atoms with van der Waals surface area (Å²) >= 11 is 0. The van der Waals surface area contributed by atoms with Crippen molar-refractivity contribution in [3.8, 4) is 0 Å². The van der Waals surface area contributed by atoms with Crippen molar-refractivity contribution >= 4 is 5.97 Å². The molecular formula is C32H52O2. The number of carbonyl (C=O) groups excluding carboxylic acids is 1. The molecular weight excluding hydrogens is 416 g/mol. The quantitative estimate of drug-likeness (QED) is 0.299. The average molecular weight is 469 g/mol. The Hall–Kier alpha value is -0.790. The van der Waals surface area contributed by atoms with Gasteiger partial charge in [0.05, 0.1) is 0 Å². The highest BCUT2D eigenvalue weighted by Gasteiger charge is 2.70. The van der Waals surface area contributed by atoms with Crippen LogP contribution in [0.4, 0.5) is 0 Å². The molecule has 5 aliphatic carbocycles. The van der Waals surface area contributed by atoms with Crippen LogP contribution in [0.15, 0.2) is 12.2 Å². The first-order chi connectivity index (χ1) is 15.7. The van der Waals surface area contributed by atoms with Crippen LogP contribution in [0, 0.1) is 56.7 Å². The molecule has 0 aromatic rings. The van der Waals surface area contributed by atoms with Crippen LogP contribution in [0.1, 0.15) is 120 Å². The average Bonchev–Trinajstić information content (AvgIpc) is 3.08. The van der Waals surface area contributed by atoms with E-state index in [1.165, 1.54) is 63.4 Å². The summed E-state index contributed by atoms with van der Waals surface area (Å²) in [7, 11) is 0. The van der Waals surface area contributed by atoms with Gasteiger partial charge in [0.1, 0.15) is 6.10 Å². The number of fused-ring (bicyclic) bond motifs is 7. The van der Waals surface area contributed by atoms with Crippen molar-refractivity contribution in [2.24, 2.45) is 56.7 Å². The van der Waals surface area contributed by atoms with Crippen LogP contribution in [0.5, 0.6) is 0 Å². The van der Waals surface area contributed by atoms with Gasteiger partial charge in [0.2, 0.25) is 0 Å². The molecule has 0 aromatic carbocycles. The molecule has 2 nitrogen and oxygen atoms in total. The molecule has 0 saturated heterocycles. The van der Waals surface area contributed by atoms with Crippen LogP contribution in [0.2, 0.25) is 0 Å². The number of esters is 1. The minimum Gasteiger partial charge on any atom is -0.462 e. The normalized spacial score (nSPS) is 53.6. The largest absolute Gasteiger partial charge is 0.462 e. The minimum absolute atomic E-state index is 0.0550. The second-order valence-corrected chi connectivity index (χ2v) is 15.3. The van der Waals surface area contributed by atoms with E-state index in [-0.39, 0.29) is 17.5 Å². The van der Waals surface area contributed by atoms with Crippen molar-refractivity contribution in [1.29, 1.82) is 0 Å². The molecule has 5 rings (SSSR count). The molecule has 2 heteroatoms. The Balaban J connectivity index is 1.50. The number of allylic oxidation sites excluding steroid dienone is 1. The maximum Gasteiger partial charge on any atom is 0.302 e. The zero-order valence-corrected chi connectivity index (χ0v) is 23.6. The van der Waals surface area contributed by atoms with E-state index < -0.39 is 0 Å². The number of hydrogen-bond acceptors (Lipinski definition) is 2. The molecule has 0 aromatic heterocycles. The summed E-state index contributed by atoms with van der Waals surface area (Å²) in [5.41, 5.74) is 3.23. The van der Waals surface area contributed by atoms with Crippen LogP contribution in [-0.4, -0.2) is 12.1 Å². The van der Waals surface area contributed by atoms with Crippen molar-refractivity contribution in [2.45, 2.75) is 126 Å². The minimum atomic E-state index is -0.107. The van der Waals surface area contributed by atoms with Gasteiger partial charge < -0.3 is 4.74 Å². The van der Waals surface area contributed by atoms with Crippen molar-refractivity contribution < 1.29 is 9.53 Å². The fourth-order valence-corrected chi connectivity index (χ4v) is 11.9. The van der Waals surface area contributed by atoms with E-state index >= 15 is 0 Å². The van der Waals surface area contributed by atoms with Gasteiger partial charge in [-0.05, 0) is 122 Å². The summed E-state index contributed by atoms with van der Waals surface area (Å²) in [6.07, 6.45) is 13.4. The first kappa shape index (κ1) is 24.9. The van der Waals surface area contributed by atoms with E-state index in [0.717, 1.165) is 30.1 Å². The first-order valence-corrected chi connectivity index (χ1v) is 14.5. The van der Waals surface area contributed by atoms with Crippen molar-refractivity contribution in [1.82, 2.24) is 0 Å².